The van der Waals surface area contributed by atoms with Crippen LogP contribution in [0.15, 0.2) is 4.99 Å². The molecule has 1 rings (SSSR count). The van der Waals surface area contributed by atoms with Gasteiger partial charge in [-0.15, -0.1) is 0 Å². The number of nitrogens with zero attached hydrogens (tertiary/aromatic N) is 1. The lowest BCUT2D eigenvalue weighted by Crippen LogP contribution is -2.38. The van der Waals surface area contributed by atoms with E-state index in [1.54, 1.807) is 0 Å². The fraction of sp³-hybridized carbons (Fsp3) is 0.500. The molecule has 0 aromatic heterocycles. The maximum atomic E-state index is 11.6. The predicted octanol–water partition coefficient (Wildman–Crippen LogP) is 0.711. The second-order valence-corrected chi connectivity index (χ2v) is 1.61. The first kappa shape index (κ1) is 6.54. The van der Waals surface area contributed by atoms with Crippen molar-refractivity contribution in [1.29, 1.82) is 0 Å². The van der Waals surface area contributed by atoms with Crippen LogP contribution < -0.4 is 5.32 Å². The van der Waals surface area contributed by atoms with Crippen LogP contribution in [0.25, 0.3) is 0 Å². The van der Waals surface area contributed by atoms with Crippen LogP contribution in [0.1, 0.15) is 0 Å². The summed E-state index contributed by atoms with van der Waals surface area (Å²) in [5.74, 6) is 0. The Labute approximate surface area is 49.8 Å². The summed E-state index contributed by atoms with van der Waals surface area (Å²) >= 11 is 0. The van der Waals surface area contributed by atoms with E-state index in [1.807, 2.05) is 5.32 Å². The van der Waals surface area contributed by atoms with E-state index in [1.165, 1.54) is 0 Å². The lowest BCUT2D eigenvalue weighted by molar-refractivity contribution is -0.136. The zero-order valence-corrected chi connectivity index (χ0v) is 4.31. The topological polar surface area (TPSA) is 24.4 Å². The molecule has 0 bridgehead atoms. The Morgan fingerprint density at radius 2 is 2.11 bits per heavy atom. The molecule has 0 aromatic carbocycles. The van der Waals surface area contributed by atoms with Crippen LogP contribution in [0.3, 0.4) is 0 Å². The Bertz CT molecular complexity index is 128. The molecule has 5 heteroatoms. The molecule has 0 aromatic rings. The summed E-state index contributed by atoms with van der Waals surface area (Å²) in [6.45, 7) is 1.03. The van der Waals surface area contributed by atoms with Gasteiger partial charge in [0.25, 0.3) is 0 Å². The third kappa shape index (κ3) is 1.41. The van der Waals surface area contributed by atoms with Crippen LogP contribution >= 0.6 is 0 Å². The summed E-state index contributed by atoms with van der Waals surface area (Å²) in [5.41, 5.74) is 0. The van der Waals surface area contributed by atoms with E-state index in [0.29, 0.717) is 0 Å². The Morgan fingerprint density at radius 1 is 1.44 bits per heavy atom. The van der Waals surface area contributed by atoms with E-state index in [2.05, 4.69) is 4.99 Å². The number of nitrogens with one attached hydrogen (secondary N) is 1. The molecule has 1 unspecified atom stereocenters. The van der Waals surface area contributed by atoms with E-state index in [0.717, 1.165) is 12.9 Å². The summed E-state index contributed by atoms with van der Waals surface area (Å²) in [6.07, 6.45) is -3.39. The summed E-state index contributed by atoms with van der Waals surface area (Å²) in [7, 11) is 0. The quantitative estimate of drug-likeness (QED) is 0.522. The predicted molar refractivity (Wildman–Crippen MR) is 25.8 cm³/mol. The van der Waals surface area contributed by atoms with Crippen LogP contribution in [-0.2, 0) is 0 Å². The first-order valence-corrected chi connectivity index (χ1v) is 2.28. The number of hydrogen-bond acceptors (Lipinski definition) is 2. The number of hydrogen-bond donors (Lipinski definition) is 1. The van der Waals surface area contributed by atoms with Gasteiger partial charge in [0.1, 0.15) is 12.7 Å². The van der Waals surface area contributed by atoms with Crippen molar-refractivity contribution in [2.75, 3.05) is 0 Å². The van der Waals surface area contributed by atoms with Crippen molar-refractivity contribution in [3.05, 3.63) is 6.67 Å². The van der Waals surface area contributed by atoms with Gasteiger partial charge in [-0.2, -0.15) is 13.2 Å². The molecule has 0 fully saturated rings. The molecule has 1 heterocycles. The summed E-state index contributed by atoms with van der Waals surface area (Å²) < 4.78 is 34.8. The zero-order chi connectivity index (χ0) is 6.91. The summed E-state index contributed by atoms with van der Waals surface area (Å²) in [4.78, 5) is 3.25. The van der Waals surface area contributed by atoms with Gasteiger partial charge in [-0.3, -0.25) is 10.3 Å². The standard InChI is InChI=1S/C4H4F3N2/c5-4(6,7)3-1-8-2-9-3/h1-3,9H. The van der Waals surface area contributed by atoms with Crippen molar-refractivity contribution < 1.29 is 13.2 Å². The van der Waals surface area contributed by atoms with Crippen LogP contribution in [0.5, 0.6) is 0 Å². The number of halogens is 3. The maximum Gasteiger partial charge on any atom is 0.408 e. The molecule has 0 saturated heterocycles. The molecule has 0 aliphatic carbocycles. The average molecular weight is 137 g/mol. The van der Waals surface area contributed by atoms with Crippen molar-refractivity contribution in [2.24, 2.45) is 4.99 Å². The van der Waals surface area contributed by atoms with Crippen molar-refractivity contribution in [2.45, 2.75) is 12.2 Å². The molecule has 1 aliphatic rings. The third-order valence-corrected chi connectivity index (χ3v) is 0.916. The largest absolute Gasteiger partial charge is 0.408 e. The number of rotatable bonds is 0. The molecule has 0 amide bonds. The van der Waals surface area contributed by atoms with Crippen molar-refractivity contribution in [3.63, 3.8) is 0 Å². The molecular weight excluding hydrogens is 133 g/mol. The molecular formula is C4H4F3N2. The lowest BCUT2D eigenvalue weighted by atomic mass is 10.3. The monoisotopic (exact) mass is 137 g/mol. The summed E-state index contributed by atoms with van der Waals surface area (Å²) in [5, 5.41) is 2.02. The van der Waals surface area contributed by atoms with Gasteiger partial charge < -0.3 is 0 Å². The van der Waals surface area contributed by atoms with Crippen LogP contribution in [-0.4, -0.2) is 18.4 Å². The Morgan fingerprint density at radius 3 is 2.33 bits per heavy atom. The molecule has 1 atom stereocenters. The van der Waals surface area contributed by atoms with Crippen LogP contribution in [0.4, 0.5) is 13.2 Å². The second kappa shape index (κ2) is 1.98. The van der Waals surface area contributed by atoms with E-state index in [9.17, 15) is 13.2 Å². The van der Waals surface area contributed by atoms with E-state index in [4.69, 9.17) is 0 Å². The highest BCUT2D eigenvalue weighted by Gasteiger charge is 2.39. The van der Waals surface area contributed by atoms with E-state index < -0.39 is 12.2 Å². The molecule has 1 aliphatic heterocycles. The van der Waals surface area contributed by atoms with E-state index >= 15 is 0 Å². The molecule has 9 heavy (non-hydrogen) atoms. The van der Waals surface area contributed by atoms with Gasteiger partial charge in [0.2, 0.25) is 0 Å². The molecule has 0 saturated carbocycles. The van der Waals surface area contributed by atoms with Gasteiger partial charge in [-0.25, -0.2) is 0 Å². The number of aliphatic imine (C=N–C) groups is 1. The molecule has 0 spiro atoms. The smallest absolute Gasteiger partial charge is 0.277 e. The molecule has 1 N–H and O–H groups in total. The van der Waals surface area contributed by atoms with E-state index in [-0.39, 0.29) is 0 Å². The average Bonchev–Trinajstić information content (AvgIpc) is 2.08. The zero-order valence-electron chi connectivity index (χ0n) is 4.31. The lowest BCUT2D eigenvalue weighted by Gasteiger charge is -2.10. The number of alkyl halides is 3. The SMILES string of the molecule is FC(F)(F)C1C=N[CH]N1. The first-order chi connectivity index (χ1) is 4.11. The normalized spacial score (nSPS) is 27.2. The van der Waals surface area contributed by atoms with Gasteiger partial charge in [0, 0.05) is 6.21 Å². The fourth-order valence-corrected chi connectivity index (χ4v) is 0.474. The highest BCUT2D eigenvalue weighted by atomic mass is 19.4. The highest BCUT2D eigenvalue weighted by Crippen LogP contribution is 2.20. The fourth-order valence-electron chi connectivity index (χ4n) is 0.474. The Balaban J connectivity index is 2.53. The third-order valence-electron chi connectivity index (χ3n) is 0.916. The molecule has 2 nitrogen and oxygen atoms in total. The second-order valence-electron chi connectivity index (χ2n) is 1.61. The Hall–Kier alpha value is -0.580. The molecule has 51 valence electrons. The minimum Gasteiger partial charge on any atom is -0.277 e. The van der Waals surface area contributed by atoms with Gasteiger partial charge in [0.15, 0.2) is 0 Å². The highest BCUT2D eigenvalue weighted by molar-refractivity contribution is 5.68. The van der Waals surface area contributed by atoms with Crippen molar-refractivity contribution in [3.8, 4) is 0 Å². The van der Waals surface area contributed by atoms with Crippen LogP contribution in [0, 0.1) is 6.67 Å². The van der Waals surface area contributed by atoms with Crippen molar-refractivity contribution in [1.82, 2.24) is 5.32 Å². The maximum absolute atomic E-state index is 11.6. The summed E-state index contributed by atoms with van der Waals surface area (Å²) in [6, 6.07) is -1.59. The first-order valence-electron chi connectivity index (χ1n) is 2.28. The van der Waals surface area contributed by atoms with Gasteiger partial charge >= 0.3 is 6.18 Å². The van der Waals surface area contributed by atoms with Gasteiger partial charge in [-0.05, 0) is 0 Å². The Kier molecular flexibility index (Phi) is 1.44. The molecule has 1 radical (unpaired) electrons. The minimum absolute atomic E-state index is 0.819. The van der Waals surface area contributed by atoms with Gasteiger partial charge in [0.05, 0.1) is 0 Å². The van der Waals surface area contributed by atoms with Crippen LogP contribution in [0.2, 0.25) is 0 Å². The minimum atomic E-state index is -4.21. The van der Waals surface area contributed by atoms with Gasteiger partial charge in [-0.1, -0.05) is 0 Å². The van der Waals surface area contributed by atoms with Crippen molar-refractivity contribution >= 4 is 6.21 Å².